The Labute approximate surface area is 179 Å². The quantitative estimate of drug-likeness (QED) is 0.583. The van der Waals surface area contributed by atoms with Crippen LogP contribution in [-0.2, 0) is 0 Å². The Kier molecular flexibility index (Phi) is 6.78. The molecule has 30 heavy (non-hydrogen) atoms. The molecule has 1 amide bonds. The zero-order valence-electron chi connectivity index (χ0n) is 17.4. The van der Waals surface area contributed by atoms with Crippen LogP contribution in [-0.4, -0.2) is 50.1 Å². The van der Waals surface area contributed by atoms with Crippen LogP contribution in [0, 0.1) is 0 Å². The maximum atomic E-state index is 13.1. The van der Waals surface area contributed by atoms with Gasteiger partial charge in [-0.2, -0.15) is 0 Å². The molecule has 0 radical (unpaired) electrons. The molecular weight excluding hydrogens is 370 g/mol. The summed E-state index contributed by atoms with van der Waals surface area (Å²) in [7, 11) is 0. The molecule has 1 heterocycles. The number of nitrogens with zero attached hydrogens (tertiary/aromatic N) is 3. The molecule has 4 heteroatoms. The lowest BCUT2D eigenvalue weighted by atomic mass is 10.1. The summed E-state index contributed by atoms with van der Waals surface area (Å²) in [4.78, 5) is 20.0. The Morgan fingerprint density at radius 2 is 1.30 bits per heavy atom. The van der Waals surface area contributed by atoms with Gasteiger partial charge in [-0.15, -0.1) is 0 Å². The van der Waals surface area contributed by atoms with E-state index < -0.39 is 0 Å². The van der Waals surface area contributed by atoms with Gasteiger partial charge in [0.2, 0.25) is 0 Å². The summed E-state index contributed by atoms with van der Waals surface area (Å²) in [5.74, 6) is 0.0655. The molecule has 0 spiro atoms. The van der Waals surface area contributed by atoms with Crippen molar-refractivity contribution in [2.45, 2.75) is 6.42 Å². The van der Waals surface area contributed by atoms with Crippen LogP contribution in [0.5, 0.6) is 0 Å². The Balaban J connectivity index is 1.33. The third kappa shape index (κ3) is 5.08. The summed E-state index contributed by atoms with van der Waals surface area (Å²) in [6, 6.07) is 30.2. The zero-order valence-corrected chi connectivity index (χ0v) is 17.4. The molecule has 0 bridgehead atoms. The maximum Gasteiger partial charge on any atom is 0.258 e. The fourth-order valence-corrected chi connectivity index (χ4v) is 4.01. The van der Waals surface area contributed by atoms with Crippen LogP contribution in [0.2, 0.25) is 0 Å². The molecular formula is C26H29N3O. The lowest BCUT2D eigenvalue weighted by Gasteiger charge is -2.36. The minimum absolute atomic E-state index is 0.0655. The van der Waals surface area contributed by atoms with Crippen LogP contribution >= 0.6 is 0 Å². The summed E-state index contributed by atoms with van der Waals surface area (Å²) in [6.45, 7) is 5.95. The van der Waals surface area contributed by atoms with Crippen molar-refractivity contribution in [2.75, 3.05) is 49.1 Å². The van der Waals surface area contributed by atoms with Gasteiger partial charge in [-0.25, -0.2) is 0 Å². The van der Waals surface area contributed by atoms with Gasteiger partial charge in [0.25, 0.3) is 5.91 Å². The SMILES string of the molecule is O=C(c1ccccc1)N(CCCN1CCN(c2ccccc2)CC1)c1ccccc1. The largest absolute Gasteiger partial charge is 0.369 e. The van der Waals surface area contributed by atoms with Gasteiger partial charge >= 0.3 is 0 Å². The number of para-hydroxylation sites is 2. The van der Waals surface area contributed by atoms with Crippen molar-refractivity contribution in [2.24, 2.45) is 0 Å². The molecule has 1 aliphatic rings. The van der Waals surface area contributed by atoms with Gasteiger partial charge in [0, 0.05) is 49.7 Å². The van der Waals surface area contributed by atoms with Gasteiger partial charge < -0.3 is 9.80 Å². The van der Waals surface area contributed by atoms with Gasteiger partial charge in [0.1, 0.15) is 0 Å². The van der Waals surface area contributed by atoms with E-state index in [0.717, 1.165) is 56.9 Å². The molecule has 1 fully saturated rings. The second-order valence-electron chi connectivity index (χ2n) is 7.68. The summed E-state index contributed by atoms with van der Waals surface area (Å²) >= 11 is 0. The molecule has 0 unspecified atom stereocenters. The van der Waals surface area contributed by atoms with Crippen LogP contribution in [0.15, 0.2) is 91.0 Å². The van der Waals surface area contributed by atoms with E-state index in [2.05, 4.69) is 40.1 Å². The second-order valence-corrected chi connectivity index (χ2v) is 7.68. The number of piperazine rings is 1. The topological polar surface area (TPSA) is 26.8 Å². The Morgan fingerprint density at radius 3 is 1.93 bits per heavy atom. The first-order chi connectivity index (χ1) is 14.8. The molecule has 3 aromatic rings. The fourth-order valence-electron chi connectivity index (χ4n) is 4.01. The van der Waals surface area contributed by atoms with Crippen molar-refractivity contribution in [1.29, 1.82) is 0 Å². The van der Waals surface area contributed by atoms with E-state index in [0.29, 0.717) is 0 Å². The van der Waals surface area contributed by atoms with Gasteiger partial charge in [-0.1, -0.05) is 54.6 Å². The van der Waals surface area contributed by atoms with Crippen molar-refractivity contribution >= 4 is 17.3 Å². The molecule has 0 aromatic heterocycles. The van der Waals surface area contributed by atoms with Gasteiger partial charge in [-0.05, 0) is 49.4 Å². The maximum absolute atomic E-state index is 13.1. The van der Waals surface area contributed by atoms with E-state index in [9.17, 15) is 4.79 Å². The highest BCUT2D eigenvalue weighted by molar-refractivity contribution is 6.06. The van der Waals surface area contributed by atoms with E-state index in [4.69, 9.17) is 0 Å². The van der Waals surface area contributed by atoms with E-state index in [1.807, 2.05) is 65.6 Å². The van der Waals surface area contributed by atoms with Gasteiger partial charge in [-0.3, -0.25) is 9.69 Å². The fraction of sp³-hybridized carbons (Fsp3) is 0.269. The molecule has 4 rings (SSSR count). The van der Waals surface area contributed by atoms with Crippen LogP contribution in [0.1, 0.15) is 16.8 Å². The normalized spacial score (nSPS) is 14.5. The highest BCUT2D eigenvalue weighted by Gasteiger charge is 2.20. The molecule has 0 atom stereocenters. The molecule has 0 N–H and O–H groups in total. The van der Waals surface area contributed by atoms with Crippen molar-refractivity contribution in [3.8, 4) is 0 Å². The van der Waals surface area contributed by atoms with E-state index >= 15 is 0 Å². The average Bonchev–Trinajstić information content (AvgIpc) is 2.83. The predicted molar refractivity (Wildman–Crippen MR) is 124 cm³/mol. The van der Waals surface area contributed by atoms with Crippen molar-refractivity contribution in [3.63, 3.8) is 0 Å². The summed E-state index contributed by atoms with van der Waals surface area (Å²) < 4.78 is 0. The molecule has 0 saturated carbocycles. The van der Waals surface area contributed by atoms with E-state index in [-0.39, 0.29) is 5.91 Å². The molecule has 154 valence electrons. The second kappa shape index (κ2) is 10.1. The molecule has 0 aliphatic carbocycles. The lowest BCUT2D eigenvalue weighted by molar-refractivity contribution is 0.0985. The van der Waals surface area contributed by atoms with E-state index in [1.54, 1.807) is 0 Å². The van der Waals surface area contributed by atoms with Gasteiger partial charge in [0.15, 0.2) is 0 Å². The first kappa shape index (κ1) is 20.2. The van der Waals surface area contributed by atoms with Crippen LogP contribution in [0.3, 0.4) is 0 Å². The Morgan fingerprint density at radius 1 is 0.733 bits per heavy atom. The highest BCUT2D eigenvalue weighted by Crippen LogP contribution is 2.19. The number of amides is 1. The van der Waals surface area contributed by atoms with E-state index in [1.165, 1.54) is 5.69 Å². The Hall–Kier alpha value is -3.11. The number of hydrogen-bond acceptors (Lipinski definition) is 3. The highest BCUT2D eigenvalue weighted by atomic mass is 16.2. The zero-order chi connectivity index (χ0) is 20.6. The minimum Gasteiger partial charge on any atom is -0.369 e. The molecule has 4 nitrogen and oxygen atoms in total. The first-order valence-corrected chi connectivity index (χ1v) is 10.8. The minimum atomic E-state index is 0.0655. The smallest absolute Gasteiger partial charge is 0.258 e. The number of carbonyl (C=O) groups excluding carboxylic acids is 1. The number of benzene rings is 3. The average molecular weight is 400 g/mol. The first-order valence-electron chi connectivity index (χ1n) is 10.8. The van der Waals surface area contributed by atoms with Crippen LogP contribution in [0.4, 0.5) is 11.4 Å². The van der Waals surface area contributed by atoms with Gasteiger partial charge in [0.05, 0.1) is 0 Å². The van der Waals surface area contributed by atoms with Crippen molar-refractivity contribution in [1.82, 2.24) is 4.90 Å². The van der Waals surface area contributed by atoms with Crippen molar-refractivity contribution in [3.05, 3.63) is 96.6 Å². The summed E-state index contributed by atoms with van der Waals surface area (Å²) in [5, 5.41) is 0. The number of hydrogen-bond donors (Lipinski definition) is 0. The molecule has 3 aromatic carbocycles. The van der Waals surface area contributed by atoms with Crippen LogP contribution < -0.4 is 9.80 Å². The third-order valence-corrected chi connectivity index (χ3v) is 5.68. The van der Waals surface area contributed by atoms with Crippen LogP contribution in [0.25, 0.3) is 0 Å². The lowest BCUT2D eigenvalue weighted by Crippen LogP contribution is -2.47. The predicted octanol–water partition coefficient (Wildman–Crippen LogP) is 4.55. The standard InChI is InChI=1S/C26H29N3O/c30-26(23-11-4-1-5-12-23)29(25-15-8-3-9-16-25)18-10-17-27-19-21-28(22-20-27)24-13-6-2-7-14-24/h1-9,11-16H,10,17-22H2. The summed E-state index contributed by atoms with van der Waals surface area (Å²) in [5.41, 5.74) is 3.00. The summed E-state index contributed by atoms with van der Waals surface area (Å²) in [6.07, 6.45) is 0.957. The molecule has 1 aliphatic heterocycles. The monoisotopic (exact) mass is 399 g/mol. The van der Waals surface area contributed by atoms with Crippen molar-refractivity contribution < 1.29 is 4.79 Å². The number of rotatable bonds is 7. The number of anilines is 2. The molecule has 1 saturated heterocycles. The number of carbonyl (C=O) groups is 1. The Bertz CT molecular complexity index is 907. The third-order valence-electron chi connectivity index (χ3n) is 5.68.